The summed E-state index contributed by atoms with van der Waals surface area (Å²) in [6.45, 7) is 4.79. The first kappa shape index (κ1) is 14.0. The fourth-order valence-electron chi connectivity index (χ4n) is 1.18. The molecule has 0 bridgehead atoms. The van der Waals surface area contributed by atoms with Gasteiger partial charge in [-0.1, -0.05) is 33.1 Å². The van der Waals surface area contributed by atoms with Crippen LogP contribution in [0.2, 0.25) is 0 Å². The first-order valence-electron chi connectivity index (χ1n) is 5.76. The van der Waals surface area contributed by atoms with E-state index in [1.807, 2.05) is 6.92 Å². The smallest absolute Gasteiger partial charge is 0.334 e. The van der Waals surface area contributed by atoms with Crippen LogP contribution in [0.15, 0.2) is 11.8 Å². The van der Waals surface area contributed by atoms with Crippen molar-refractivity contribution in [3.8, 4) is 0 Å². The van der Waals surface area contributed by atoms with Crippen LogP contribution < -0.4 is 0 Å². The summed E-state index contributed by atoms with van der Waals surface area (Å²) in [5.41, 5.74) is 0.383. The van der Waals surface area contributed by atoms with E-state index in [1.54, 1.807) is 0 Å². The van der Waals surface area contributed by atoms with E-state index in [0.29, 0.717) is 18.6 Å². The molecular weight excluding hydrogens is 192 g/mol. The highest BCUT2D eigenvalue weighted by Gasteiger charge is 2.06. The molecule has 0 atom stereocenters. The van der Waals surface area contributed by atoms with Crippen molar-refractivity contribution in [2.24, 2.45) is 0 Å². The van der Waals surface area contributed by atoms with Crippen molar-refractivity contribution in [1.29, 1.82) is 0 Å². The maximum atomic E-state index is 10.8. The predicted octanol–water partition coefficient (Wildman–Crippen LogP) is 3.35. The topological polar surface area (TPSA) is 46.5 Å². The van der Waals surface area contributed by atoms with Gasteiger partial charge >= 0.3 is 5.97 Å². The highest BCUT2D eigenvalue weighted by molar-refractivity contribution is 5.86. The Morgan fingerprint density at radius 1 is 1.20 bits per heavy atom. The molecule has 0 amide bonds. The Labute approximate surface area is 92.1 Å². The molecular formula is C12H22O3. The first-order chi connectivity index (χ1) is 7.22. The number of aliphatic carboxylic acids is 1. The average molecular weight is 214 g/mol. The van der Waals surface area contributed by atoms with E-state index in [-0.39, 0.29) is 0 Å². The first-order valence-corrected chi connectivity index (χ1v) is 5.76. The minimum Gasteiger partial charge on any atom is -0.501 e. The Bertz CT molecular complexity index is 197. The third-order valence-electron chi connectivity index (χ3n) is 2.17. The van der Waals surface area contributed by atoms with Gasteiger partial charge in [0.25, 0.3) is 0 Å². The van der Waals surface area contributed by atoms with Crippen LogP contribution in [0.1, 0.15) is 52.4 Å². The second-order valence-corrected chi connectivity index (χ2v) is 3.63. The van der Waals surface area contributed by atoms with Crippen LogP contribution >= 0.6 is 0 Å². The van der Waals surface area contributed by atoms with Crippen molar-refractivity contribution >= 4 is 5.97 Å². The molecule has 0 rings (SSSR count). The van der Waals surface area contributed by atoms with E-state index in [1.165, 1.54) is 6.26 Å². The molecule has 0 saturated carbocycles. The molecule has 0 aliphatic carbocycles. The van der Waals surface area contributed by atoms with Gasteiger partial charge in [-0.25, -0.2) is 4.79 Å². The van der Waals surface area contributed by atoms with Crippen LogP contribution in [0.5, 0.6) is 0 Å². The molecule has 3 heteroatoms. The van der Waals surface area contributed by atoms with Gasteiger partial charge in [-0.05, 0) is 19.3 Å². The molecule has 0 aromatic carbocycles. The SMILES string of the molecule is CCCCCOC=C(CCCC)C(=O)O. The van der Waals surface area contributed by atoms with Crippen LogP contribution in [0, 0.1) is 0 Å². The number of ether oxygens (including phenoxy) is 1. The molecule has 1 N–H and O–H groups in total. The molecule has 15 heavy (non-hydrogen) atoms. The third-order valence-corrected chi connectivity index (χ3v) is 2.17. The second kappa shape index (κ2) is 9.56. The molecule has 88 valence electrons. The summed E-state index contributed by atoms with van der Waals surface area (Å²) >= 11 is 0. The lowest BCUT2D eigenvalue weighted by Crippen LogP contribution is -2.02. The lowest BCUT2D eigenvalue weighted by atomic mass is 10.1. The van der Waals surface area contributed by atoms with Gasteiger partial charge in [0.1, 0.15) is 0 Å². The van der Waals surface area contributed by atoms with E-state index in [2.05, 4.69) is 6.92 Å². The molecule has 0 heterocycles. The fraction of sp³-hybridized carbons (Fsp3) is 0.750. The number of carboxylic acids is 1. The Morgan fingerprint density at radius 2 is 1.87 bits per heavy atom. The summed E-state index contributed by atoms with van der Waals surface area (Å²) in [7, 11) is 0. The lowest BCUT2D eigenvalue weighted by Gasteiger charge is -2.03. The largest absolute Gasteiger partial charge is 0.501 e. The number of hydrogen-bond acceptors (Lipinski definition) is 2. The van der Waals surface area contributed by atoms with Gasteiger partial charge in [0.2, 0.25) is 0 Å². The summed E-state index contributed by atoms with van der Waals surface area (Å²) in [4.78, 5) is 10.8. The molecule has 0 saturated heterocycles. The third kappa shape index (κ3) is 8.03. The van der Waals surface area contributed by atoms with E-state index in [9.17, 15) is 4.79 Å². The highest BCUT2D eigenvalue weighted by atomic mass is 16.5. The zero-order valence-corrected chi connectivity index (χ0v) is 9.79. The lowest BCUT2D eigenvalue weighted by molar-refractivity contribution is -0.133. The number of carboxylic acid groups (broad SMARTS) is 1. The number of unbranched alkanes of at least 4 members (excludes halogenated alkanes) is 3. The molecule has 0 unspecified atom stereocenters. The molecule has 0 aromatic rings. The van der Waals surface area contributed by atoms with Crippen LogP contribution in [0.25, 0.3) is 0 Å². The van der Waals surface area contributed by atoms with Gasteiger partial charge < -0.3 is 9.84 Å². The Morgan fingerprint density at radius 3 is 2.40 bits per heavy atom. The quantitative estimate of drug-likeness (QED) is 0.364. The molecule has 0 spiro atoms. The van der Waals surface area contributed by atoms with E-state index in [4.69, 9.17) is 9.84 Å². The molecule has 3 nitrogen and oxygen atoms in total. The summed E-state index contributed by atoms with van der Waals surface area (Å²) in [6, 6.07) is 0. The van der Waals surface area contributed by atoms with Crippen molar-refractivity contribution in [3.63, 3.8) is 0 Å². The fourth-order valence-corrected chi connectivity index (χ4v) is 1.18. The van der Waals surface area contributed by atoms with Gasteiger partial charge in [-0.3, -0.25) is 0 Å². The zero-order chi connectivity index (χ0) is 11.5. The normalized spacial score (nSPS) is 11.5. The highest BCUT2D eigenvalue weighted by Crippen LogP contribution is 2.08. The van der Waals surface area contributed by atoms with Gasteiger partial charge in [0, 0.05) is 0 Å². The van der Waals surface area contributed by atoms with Crippen LogP contribution in [-0.4, -0.2) is 17.7 Å². The van der Waals surface area contributed by atoms with Gasteiger partial charge in [-0.15, -0.1) is 0 Å². The van der Waals surface area contributed by atoms with Crippen LogP contribution in [0.3, 0.4) is 0 Å². The van der Waals surface area contributed by atoms with Crippen molar-refractivity contribution in [2.75, 3.05) is 6.61 Å². The number of hydrogen-bond donors (Lipinski definition) is 1. The Balaban J connectivity index is 3.79. The Kier molecular flexibility index (Phi) is 8.93. The van der Waals surface area contributed by atoms with Crippen LogP contribution in [-0.2, 0) is 9.53 Å². The van der Waals surface area contributed by atoms with Gasteiger partial charge in [0.15, 0.2) is 0 Å². The van der Waals surface area contributed by atoms with Crippen molar-refractivity contribution in [1.82, 2.24) is 0 Å². The maximum Gasteiger partial charge on any atom is 0.334 e. The summed E-state index contributed by atoms with van der Waals surface area (Å²) in [5, 5.41) is 8.85. The Hall–Kier alpha value is -0.990. The van der Waals surface area contributed by atoms with Crippen molar-refractivity contribution < 1.29 is 14.6 Å². The summed E-state index contributed by atoms with van der Waals surface area (Å²) in [5.74, 6) is -0.862. The molecule has 0 radical (unpaired) electrons. The standard InChI is InChI=1S/C12H22O3/c1-3-5-7-9-15-10-11(12(13)14)8-6-4-2/h10H,3-9H2,1-2H3,(H,13,14). The van der Waals surface area contributed by atoms with E-state index >= 15 is 0 Å². The minimum absolute atomic E-state index is 0.383. The number of carbonyl (C=O) groups is 1. The molecule has 0 aliphatic heterocycles. The zero-order valence-electron chi connectivity index (χ0n) is 9.79. The minimum atomic E-state index is -0.862. The van der Waals surface area contributed by atoms with Crippen LogP contribution in [0.4, 0.5) is 0 Å². The van der Waals surface area contributed by atoms with E-state index < -0.39 is 5.97 Å². The van der Waals surface area contributed by atoms with Gasteiger partial charge in [-0.2, -0.15) is 0 Å². The second-order valence-electron chi connectivity index (χ2n) is 3.63. The molecule has 0 aliphatic rings. The van der Waals surface area contributed by atoms with Crippen molar-refractivity contribution in [2.45, 2.75) is 52.4 Å². The molecule has 0 aromatic heterocycles. The maximum absolute atomic E-state index is 10.8. The number of rotatable bonds is 9. The summed E-state index contributed by atoms with van der Waals surface area (Å²) in [6.07, 6.45) is 7.18. The predicted molar refractivity (Wildman–Crippen MR) is 60.7 cm³/mol. The monoisotopic (exact) mass is 214 g/mol. The van der Waals surface area contributed by atoms with E-state index in [0.717, 1.165) is 32.1 Å². The summed E-state index contributed by atoms with van der Waals surface area (Å²) < 4.78 is 5.21. The average Bonchev–Trinajstić information content (AvgIpc) is 2.21. The molecule has 0 fully saturated rings. The van der Waals surface area contributed by atoms with Crippen molar-refractivity contribution in [3.05, 3.63) is 11.8 Å². The van der Waals surface area contributed by atoms with Gasteiger partial charge in [0.05, 0.1) is 18.4 Å².